The maximum absolute atomic E-state index is 12.6. The lowest BCUT2D eigenvalue weighted by molar-refractivity contribution is -0.139. The molecule has 2 fully saturated rings. The summed E-state index contributed by atoms with van der Waals surface area (Å²) in [7, 11) is 2.02. The van der Waals surface area contributed by atoms with E-state index in [0.29, 0.717) is 17.9 Å². The average molecular weight is 267 g/mol. The quantitative estimate of drug-likeness (QED) is 0.834. The Labute approximate surface area is 117 Å². The predicted octanol–water partition coefficient (Wildman–Crippen LogP) is 1.17. The van der Waals surface area contributed by atoms with Gasteiger partial charge in [0, 0.05) is 32.1 Å². The lowest BCUT2D eigenvalue weighted by Crippen LogP contribution is -2.52. The van der Waals surface area contributed by atoms with Crippen molar-refractivity contribution in [3.8, 4) is 0 Å². The molecule has 110 valence electrons. The van der Waals surface area contributed by atoms with Gasteiger partial charge in [0.2, 0.25) is 5.91 Å². The van der Waals surface area contributed by atoms with Gasteiger partial charge < -0.3 is 15.1 Å². The van der Waals surface area contributed by atoms with Crippen LogP contribution in [0.25, 0.3) is 0 Å². The Balaban J connectivity index is 1.91. The van der Waals surface area contributed by atoms with E-state index in [2.05, 4.69) is 29.0 Å². The van der Waals surface area contributed by atoms with E-state index in [1.54, 1.807) is 0 Å². The van der Waals surface area contributed by atoms with Crippen LogP contribution in [0.2, 0.25) is 0 Å². The van der Waals surface area contributed by atoms with Crippen molar-refractivity contribution in [3.05, 3.63) is 0 Å². The summed E-state index contributed by atoms with van der Waals surface area (Å²) in [5.74, 6) is 1.22. The zero-order chi connectivity index (χ0) is 13.8. The van der Waals surface area contributed by atoms with Gasteiger partial charge in [-0.3, -0.25) is 4.79 Å². The number of amides is 1. The Kier molecular flexibility index (Phi) is 5.22. The van der Waals surface area contributed by atoms with Crippen LogP contribution in [0.15, 0.2) is 0 Å². The fourth-order valence-corrected chi connectivity index (χ4v) is 3.60. The molecule has 1 N–H and O–H groups in total. The largest absolute Gasteiger partial charge is 0.342 e. The first kappa shape index (κ1) is 14.8. The fraction of sp³-hybridized carbons (Fsp3) is 0.933. The standard InChI is InChI=1S/C15H29N3O/c1-4-18-10-7-14(12(2)11-18)17(3)15(19)13-5-8-16-9-6-13/h12-14,16H,4-11H2,1-3H3. The summed E-state index contributed by atoms with van der Waals surface area (Å²) in [4.78, 5) is 17.1. The molecule has 0 aromatic rings. The summed E-state index contributed by atoms with van der Waals surface area (Å²) >= 11 is 0. The van der Waals surface area contributed by atoms with E-state index in [4.69, 9.17) is 0 Å². The van der Waals surface area contributed by atoms with Crippen LogP contribution in [0.5, 0.6) is 0 Å². The van der Waals surface area contributed by atoms with E-state index in [1.807, 2.05) is 7.05 Å². The molecule has 0 aromatic carbocycles. The van der Waals surface area contributed by atoms with Crippen LogP contribution in [0, 0.1) is 11.8 Å². The summed E-state index contributed by atoms with van der Waals surface area (Å²) in [6.07, 6.45) is 3.14. The first-order chi connectivity index (χ1) is 9.13. The Morgan fingerprint density at radius 1 is 1.32 bits per heavy atom. The molecule has 0 spiro atoms. The zero-order valence-corrected chi connectivity index (χ0v) is 12.7. The topological polar surface area (TPSA) is 35.6 Å². The molecule has 0 aliphatic carbocycles. The van der Waals surface area contributed by atoms with Crippen LogP contribution >= 0.6 is 0 Å². The molecule has 2 saturated heterocycles. The number of piperidine rings is 2. The summed E-state index contributed by atoms with van der Waals surface area (Å²) < 4.78 is 0. The molecule has 2 aliphatic rings. The maximum Gasteiger partial charge on any atom is 0.225 e. The molecule has 2 rings (SSSR count). The highest BCUT2D eigenvalue weighted by Gasteiger charge is 2.33. The number of hydrogen-bond donors (Lipinski definition) is 1. The zero-order valence-electron chi connectivity index (χ0n) is 12.7. The average Bonchev–Trinajstić information content (AvgIpc) is 2.46. The van der Waals surface area contributed by atoms with Gasteiger partial charge >= 0.3 is 0 Å². The summed E-state index contributed by atoms with van der Waals surface area (Å²) in [6, 6.07) is 0.435. The SMILES string of the molecule is CCN1CCC(N(C)C(=O)C2CCNCC2)C(C)C1. The molecule has 0 radical (unpaired) electrons. The van der Waals surface area contributed by atoms with Crippen molar-refractivity contribution in [1.29, 1.82) is 0 Å². The van der Waals surface area contributed by atoms with Crippen LogP contribution < -0.4 is 5.32 Å². The summed E-state index contributed by atoms with van der Waals surface area (Å²) in [5, 5.41) is 3.33. The first-order valence-electron chi connectivity index (χ1n) is 7.83. The fourth-order valence-electron chi connectivity index (χ4n) is 3.60. The van der Waals surface area contributed by atoms with Gasteiger partial charge in [-0.25, -0.2) is 0 Å². The lowest BCUT2D eigenvalue weighted by Gasteiger charge is -2.42. The molecule has 2 aliphatic heterocycles. The van der Waals surface area contributed by atoms with E-state index >= 15 is 0 Å². The van der Waals surface area contributed by atoms with Crippen LogP contribution in [-0.2, 0) is 4.79 Å². The van der Waals surface area contributed by atoms with Crippen LogP contribution in [0.3, 0.4) is 0 Å². The molecular formula is C15H29N3O. The van der Waals surface area contributed by atoms with Crippen molar-refractivity contribution in [2.45, 2.75) is 39.2 Å². The molecule has 0 bridgehead atoms. The van der Waals surface area contributed by atoms with E-state index in [0.717, 1.165) is 52.0 Å². The molecule has 2 atom stereocenters. The number of likely N-dealkylation sites (tertiary alicyclic amines) is 1. The van der Waals surface area contributed by atoms with Crippen LogP contribution in [0.1, 0.15) is 33.1 Å². The Morgan fingerprint density at radius 3 is 2.58 bits per heavy atom. The Bertz CT molecular complexity index is 302. The van der Waals surface area contributed by atoms with Gasteiger partial charge in [-0.05, 0) is 44.8 Å². The molecule has 19 heavy (non-hydrogen) atoms. The van der Waals surface area contributed by atoms with Crippen molar-refractivity contribution in [1.82, 2.24) is 15.1 Å². The van der Waals surface area contributed by atoms with Crippen molar-refractivity contribution < 1.29 is 4.79 Å². The van der Waals surface area contributed by atoms with Gasteiger partial charge in [-0.2, -0.15) is 0 Å². The summed E-state index contributed by atoms with van der Waals surface area (Å²) in [6.45, 7) is 9.89. The molecule has 2 unspecified atom stereocenters. The number of nitrogens with one attached hydrogen (secondary N) is 1. The second-order valence-electron chi connectivity index (χ2n) is 6.20. The third-order valence-corrected chi connectivity index (χ3v) is 4.92. The highest BCUT2D eigenvalue weighted by atomic mass is 16.2. The van der Waals surface area contributed by atoms with Crippen molar-refractivity contribution in [3.63, 3.8) is 0 Å². The molecular weight excluding hydrogens is 238 g/mol. The molecule has 2 heterocycles. The molecule has 0 aromatic heterocycles. The van der Waals surface area contributed by atoms with Gasteiger partial charge in [0.25, 0.3) is 0 Å². The van der Waals surface area contributed by atoms with Crippen molar-refractivity contribution in [2.24, 2.45) is 11.8 Å². The monoisotopic (exact) mass is 267 g/mol. The minimum atomic E-state index is 0.252. The van der Waals surface area contributed by atoms with Gasteiger partial charge in [0.1, 0.15) is 0 Å². The molecule has 0 saturated carbocycles. The highest BCUT2D eigenvalue weighted by molar-refractivity contribution is 5.79. The Morgan fingerprint density at radius 2 is 2.00 bits per heavy atom. The van der Waals surface area contributed by atoms with Gasteiger partial charge in [-0.1, -0.05) is 13.8 Å². The van der Waals surface area contributed by atoms with Gasteiger partial charge in [0.05, 0.1) is 0 Å². The van der Waals surface area contributed by atoms with Crippen molar-refractivity contribution >= 4 is 5.91 Å². The van der Waals surface area contributed by atoms with E-state index in [1.165, 1.54) is 0 Å². The van der Waals surface area contributed by atoms with E-state index < -0.39 is 0 Å². The number of rotatable bonds is 3. The van der Waals surface area contributed by atoms with E-state index in [-0.39, 0.29) is 5.92 Å². The molecule has 4 nitrogen and oxygen atoms in total. The van der Waals surface area contributed by atoms with Crippen LogP contribution in [0.4, 0.5) is 0 Å². The normalized spacial score (nSPS) is 30.3. The smallest absolute Gasteiger partial charge is 0.225 e. The lowest BCUT2D eigenvalue weighted by atomic mass is 9.90. The third-order valence-electron chi connectivity index (χ3n) is 4.92. The Hall–Kier alpha value is -0.610. The van der Waals surface area contributed by atoms with Crippen molar-refractivity contribution in [2.75, 3.05) is 39.8 Å². The second-order valence-corrected chi connectivity index (χ2v) is 6.20. The number of hydrogen-bond acceptors (Lipinski definition) is 3. The number of carbonyl (C=O) groups is 1. The predicted molar refractivity (Wildman–Crippen MR) is 78.0 cm³/mol. The number of carbonyl (C=O) groups excluding carboxylic acids is 1. The second kappa shape index (κ2) is 6.71. The molecule has 1 amide bonds. The molecule has 4 heteroatoms. The minimum absolute atomic E-state index is 0.252. The number of nitrogens with zero attached hydrogens (tertiary/aromatic N) is 2. The highest BCUT2D eigenvalue weighted by Crippen LogP contribution is 2.24. The third kappa shape index (κ3) is 3.48. The minimum Gasteiger partial charge on any atom is -0.342 e. The van der Waals surface area contributed by atoms with Gasteiger partial charge in [0.15, 0.2) is 0 Å². The maximum atomic E-state index is 12.6. The van der Waals surface area contributed by atoms with E-state index in [9.17, 15) is 4.79 Å². The first-order valence-corrected chi connectivity index (χ1v) is 7.83. The summed E-state index contributed by atoms with van der Waals surface area (Å²) in [5.41, 5.74) is 0. The van der Waals surface area contributed by atoms with Gasteiger partial charge in [-0.15, -0.1) is 0 Å². The van der Waals surface area contributed by atoms with Crippen LogP contribution in [-0.4, -0.2) is 61.5 Å².